The summed E-state index contributed by atoms with van der Waals surface area (Å²) >= 11 is 1.34. The summed E-state index contributed by atoms with van der Waals surface area (Å²) in [5.74, 6) is -0.0227. The van der Waals surface area contributed by atoms with Crippen LogP contribution in [0, 0.1) is 0 Å². The van der Waals surface area contributed by atoms with Gasteiger partial charge in [0, 0.05) is 19.0 Å². The summed E-state index contributed by atoms with van der Waals surface area (Å²) in [5.41, 5.74) is -0.866. The van der Waals surface area contributed by atoms with Crippen molar-refractivity contribution in [2.45, 2.75) is 33.3 Å². The molecule has 0 fully saturated rings. The predicted octanol–water partition coefficient (Wildman–Crippen LogP) is 2.70. The van der Waals surface area contributed by atoms with Crippen molar-refractivity contribution in [3.8, 4) is 0 Å². The second-order valence-electron chi connectivity index (χ2n) is 3.92. The van der Waals surface area contributed by atoms with Crippen molar-refractivity contribution < 1.29 is 9.90 Å². The standard InChI is InChI=1S/C10H15NO2S.C2H6/c1-10(2,13)8-6-5-7(14-8)9(12)11(3)4;1-2/h5-6,13H,1-4H3;1-2H3. The first-order valence-corrected chi connectivity index (χ1v) is 6.18. The van der Waals surface area contributed by atoms with Gasteiger partial charge >= 0.3 is 0 Å². The van der Waals surface area contributed by atoms with E-state index in [4.69, 9.17) is 0 Å². The van der Waals surface area contributed by atoms with Crippen LogP contribution in [0.15, 0.2) is 12.1 Å². The van der Waals surface area contributed by atoms with Gasteiger partial charge in [0.15, 0.2) is 0 Å². The van der Waals surface area contributed by atoms with E-state index >= 15 is 0 Å². The number of carbonyl (C=O) groups is 1. The van der Waals surface area contributed by atoms with Crippen LogP contribution >= 0.6 is 11.3 Å². The van der Waals surface area contributed by atoms with E-state index in [1.807, 2.05) is 13.8 Å². The van der Waals surface area contributed by atoms with Gasteiger partial charge < -0.3 is 10.0 Å². The van der Waals surface area contributed by atoms with E-state index in [9.17, 15) is 9.90 Å². The van der Waals surface area contributed by atoms with E-state index in [1.54, 1.807) is 40.1 Å². The molecule has 1 amide bonds. The van der Waals surface area contributed by atoms with Gasteiger partial charge in [0.1, 0.15) is 0 Å². The zero-order chi connectivity index (χ0) is 12.9. The van der Waals surface area contributed by atoms with Crippen molar-refractivity contribution in [2.75, 3.05) is 14.1 Å². The first-order valence-electron chi connectivity index (χ1n) is 5.36. The Balaban J connectivity index is 0.00000106. The minimum Gasteiger partial charge on any atom is -0.385 e. The second-order valence-corrected chi connectivity index (χ2v) is 5.01. The molecule has 0 aliphatic rings. The number of hydrogen-bond donors (Lipinski definition) is 1. The van der Waals surface area contributed by atoms with Gasteiger partial charge in [-0.25, -0.2) is 0 Å². The Morgan fingerprint density at radius 2 is 1.81 bits per heavy atom. The summed E-state index contributed by atoms with van der Waals surface area (Å²) < 4.78 is 0. The van der Waals surface area contributed by atoms with E-state index in [1.165, 1.54) is 16.2 Å². The summed E-state index contributed by atoms with van der Waals surface area (Å²) in [7, 11) is 3.43. The molecule has 0 aliphatic carbocycles. The molecule has 0 spiro atoms. The molecule has 16 heavy (non-hydrogen) atoms. The fourth-order valence-corrected chi connectivity index (χ4v) is 2.03. The van der Waals surface area contributed by atoms with Gasteiger partial charge in [-0.05, 0) is 26.0 Å². The fraction of sp³-hybridized carbons (Fsp3) is 0.583. The van der Waals surface area contributed by atoms with Gasteiger partial charge in [-0.2, -0.15) is 0 Å². The average molecular weight is 243 g/mol. The molecule has 0 unspecified atom stereocenters. The molecule has 1 heterocycles. The molecule has 1 aromatic rings. The monoisotopic (exact) mass is 243 g/mol. The Kier molecular flexibility index (Phi) is 5.68. The Bertz CT molecular complexity index is 337. The molecule has 1 rings (SSSR count). The van der Waals surface area contributed by atoms with Crippen molar-refractivity contribution in [3.63, 3.8) is 0 Å². The first-order chi connectivity index (χ1) is 7.32. The van der Waals surface area contributed by atoms with Crippen molar-refractivity contribution in [1.82, 2.24) is 4.90 Å². The Labute approximate surface area is 102 Å². The minimum absolute atomic E-state index is 0.0227. The summed E-state index contributed by atoms with van der Waals surface area (Å²) in [6.07, 6.45) is 0. The van der Waals surface area contributed by atoms with Gasteiger partial charge in [-0.3, -0.25) is 4.79 Å². The van der Waals surface area contributed by atoms with Gasteiger partial charge in [0.25, 0.3) is 5.91 Å². The maximum Gasteiger partial charge on any atom is 0.263 e. The highest BCUT2D eigenvalue weighted by Gasteiger charge is 2.20. The molecule has 0 bridgehead atoms. The quantitative estimate of drug-likeness (QED) is 0.867. The number of hydrogen-bond acceptors (Lipinski definition) is 3. The number of amides is 1. The summed E-state index contributed by atoms with van der Waals surface area (Å²) in [6, 6.07) is 3.54. The van der Waals surface area contributed by atoms with Crippen LogP contribution in [0.5, 0.6) is 0 Å². The van der Waals surface area contributed by atoms with Gasteiger partial charge in [-0.1, -0.05) is 13.8 Å². The fourth-order valence-electron chi connectivity index (χ4n) is 1.00. The maximum atomic E-state index is 11.5. The summed E-state index contributed by atoms with van der Waals surface area (Å²) in [4.78, 5) is 14.5. The first kappa shape index (κ1) is 15.1. The molecule has 0 aliphatic heterocycles. The van der Waals surface area contributed by atoms with Crippen molar-refractivity contribution >= 4 is 17.2 Å². The second kappa shape index (κ2) is 6.01. The molecule has 1 aromatic heterocycles. The minimum atomic E-state index is -0.866. The van der Waals surface area contributed by atoms with Crippen LogP contribution in [-0.2, 0) is 5.60 Å². The van der Waals surface area contributed by atoms with Crippen molar-refractivity contribution in [1.29, 1.82) is 0 Å². The molecular weight excluding hydrogens is 222 g/mol. The largest absolute Gasteiger partial charge is 0.385 e. The third-order valence-corrected chi connectivity index (χ3v) is 3.21. The molecule has 0 atom stereocenters. The number of thiophene rings is 1. The van der Waals surface area contributed by atoms with Crippen LogP contribution in [0.4, 0.5) is 0 Å². The van der Waals surface area contributed by atoms with E-state index in [-0.39, 0.29) is 5.91 Å². The Morgan fingerprint density at radius 1 is 1.31 bits per heavy atom. The normalized spacial score (nSPS) is 10.4. The topological polar surface area (TPSA) is 40.5 Å². The van der Waals surface area contributed by atoms with Crippen LogP contribution in [0.25, 0.3) is 0 Å². The van der Waals surface area contributed by atoms with E-state index < -0.39 is 5.60 Å². The van der Waals surface area contributed by atoms with Crippen LogP contribution in [0.3, 0.4) is 0 Å². The lowest BCUT2D eigenvalue weighted by Gasteiger charge is -2.14. The molecule has 0 radical (unpaired) electrons. The summed E-state index contributed by atoms with van der Waals surface area (Å²) in [6.45, 7) is 7.42. The number of carbonyl (C=O) groups excluding carboxylic acids is 1. The number of aliphatic hydroxyl groups is 1. The number of nitrogens with zero attached hydrogens (tertiary/aromatic N) is 1. The molecule has 1 N–H and O–H groups in total. The lowest BCUT2D eigenvalue weighted by Crippen LogP contribution is -2.20. The smallest absolute Gasteiger partial charge is 0.263 e. The van der Waals surface area contributed by atoms with Crippen LogP contribution in [0.2, 0.25) is 0 Å². The lowest BCUT2D eigenvalue weighted by atomic mass is 10.1. The average Bonchev–Trinajstić information content (AvgIpc) is 2.67. The van der Waals surface area contributed by atoms with Crippen LogP contribution < -0.4 is 0 Å². The highest BCUT2D eigenvalue weighted by Crippen LogP contribution is 2.27. The van der Waals surface area contributed by atoms with Crippen LogP contribution in [-0.4, -0.2) is 30.0 Å². The van der Waals surface area contributed by atoms with Crippen molar-refractivity contribution in [3.05, 3.63) is 21.9 Å². The molecule has 0 aromatic carbocycles. The van der Waals surface area contributed by atoms with Gasteiger partial charge in [-0.15, -0.1) is 11.3 Å². The van der Waals surface area contributed by atoms with E-state index in [0.29, 0.717) is 4.88 Å². The molecule has 92 valence electrons. The van der Waals surface area contributed by atoms with Gasteiger partial charge in [0.2, 0.25) is 0 Å². The third-order valence-electron chi connectivity index (χ3n) is 1.83. The zero-order valence-electron chi connectivity index (χ0n) is 10.9. The zero-order valence-corrected chi connectivity index (χ0v) is 11.7. The van der Waals surface area contributed by atoms with Crippen LogP contribution in [0.1, 0.15) is 42.2 Å². The SMILES string of the molecule is CC.CN(C)C(=O)c1ccc(C(C)(C)O)s1. The maximum absolute atomic E-state index is 11.5. The Morgan fingerprint density at radius 3 is 2.12 bits per heavy atom. The number of rotatable bonds is 2. The molecule has 0 saturated carbocycles. The van der Waals surface area contributed by atoms with Crippen molar-refractivity contribution in [2.24, 2.45) is 0 Å². The molecular formula is C12H21NO2S. The molecule has 4 heteroatoms. The van der Waals surface area contributed by atoms with E-state index in [0.717, 1.165) is 4.88 Å². The molecule has 3 nitrogen and oxygen atoms in total. The molecule has 0 saturated heterocycles. The lowest BCUT2D eigenvalue weighted by molar-refractivity contribution is 0.0825. The predicted molar refractivity (Wildman–Crippen MR) is 68.9 cm³/mol. The highest BCUT2D eigenvalue weighted by atomic mass is 32.1. The third kappa shape index (κ3) is 3.94. The van der Waals surface area contributed by atoms with E-state index in [2.05, 4.69) is 0 Å². The Hall–Kier alpha value is -0.870. The van der Waals surface area contributed by atoms with Gasteiger partial charge in [0.05, 0.1) is 10.5 Å². The highest BCUT2D eigenvalue weighted by molar-refractivity contribution is 7.14. The summed E-state index contributed by atoms with van der Waals surface area (Å²) in [5, 5.41) is 9.71.